The van der Waals surface area contributed by atoms with Gasteiger partial charge in [0.25, 0.3) is 0 Å². The predicted octanol–water partition coefficient (Wildman–Crippen LogP) is 2.14. The van der Waals surface area contributed by atoms with Gasteiger partial charge >= 0.3 is 5.97 Å². The number of esters is 1. The molecule has 0 spiro atoms. The molecule has 0 amide bonds. The zero-order valence-corrected chi connectivity index (χ0v) is 9.57. The molecule has 0 aromatic heterocycles. The second-order valence-electron chi connectivity index (χ2n) is 4.74. The van der Waals surface area contributed by atoms with E-state index in [0.717, 1.165) is 25.9 Å². The molecular formula is C12H20O3. The number of hydrogen-bond donors (Lipinski definition) is 0. The maximum Gasteiger partial charge on any atom is 0.311 e. The van der Waals surface area contributed by atoms with Crippen molar-refractivity contribution in [2.24, 2.45) is 11.8 Å². The van der Waals surface area contributed by atoms with Crippen LogP contribution in [0.5, 0.6) is 0 Å². The molecule has 2 aliphatic heterocycles. The van der Waals surface area contributed by atoms with Crippen molar-refractivity contribution in [2.75, 3.05) is 6.61 Å². The van der Waals surface area contributed by atoms with E-state index in [2.05, 4.69) is 6.92 Å². The summed E-state index contributed by atoms with van der Waals surface area (Å²) < 4.78 is 11.0. The van der Waals surface area contributed by atoms with Crippen molar-refractivity contribution in [3.63, 3.8) is 0 Å². The molecule has 0 N–H and O–H groups in total. The van der Waals surface area contributed by atoms with Crippen molar-refractivity contribution in [1.29, 1.82) is 0 Å². The summed E-state index contributed by atoms with van der Waals surface area (Å²) in [7, 11) is 0. The normalized spacial score (nSPS) is 41.6. The molecule has 2 fully saturated rings. The molecule has 2 saturated heterocycles. The van der Waals surface area contributed by atoms with Gasteiger partial charge in [-0.3, -0.25) is 4.79 Å². The molecule has 86 valence electrons. The van der Waals surface area contributed by atoms with Crippen LogP contribution in [0.4, 0.5) is 0 Å². The lowest BCUT2D eigenvalue weighted by Crippen LogP contribution is -2.37. The Kier molecular flexibility index (Phi) is 3.29. The highest BCUT2D eigenvalue weighted by atomic mass is 16.6. The second kappa shape index (κ2) is 4.52. The van der Waals surface area contributed by atoms with Gasteiger partial charge in [0.05, 0.1) is 18.1 Å². The van der Waals surface area contributed by atoms with Crippen LogP contribution in [-0.4, -0.2) is 24.8 Å². The van der Waals surface area contributed by atoms with E-state index in [1.165, 1.54) is 6.42 Å². The Hall–Kier alpha value is -0.570. The summed E-state index contributed by atoms with van der Waals surface area (Å²) in [5, 5.41) is 0. The highest BCUT2D eigenvalue weighted by Crippen LogP contribution is 2.35. The van der Waals surface area contributed by atoms with Crippen LogP contribution in [0.25, 0.3) is 0 Å². The number of ether oxygens (including phenoxy) is 2. The van der Waals surface area contributed by atoms with Gasteiger partial charge in [0.15, 0.2) is 0 Å². The van der Waals surface area contributed by atoms with Gasteiger partial charge in [0.1, 0.15) is 0 Å². The Balaban J connectivity index is 2.04. The lowest BCUT2D eigenvalue weighted by atomic mass is 9.83. The summed E-state index contributed by atoms with van der Waals surface area (Å²) in [4.78, 5) is 11.6. The van der Waals surface area contributed by atoms with Crippen LogP contribution >= 0.6 is 0 Å². The van der Waals surface area contributed by atoms with E-state index >= 15 is 0 Å². The number of rotatable bonds is 2. The summed E-state index contributed by atoms with van der Waals surface area (Å²) >= 11 is 0. The van der Waals surface area contributed by atoms with Crippen LogP contribution in [0, 0.1) is 11.8 Å². The van der Waals surface area contributed by atoms with E-state index in [0.29, 0.717) is 5.92 Å². The largest absolute Gasteiger partial charge is 0.462 e. The van der Waals surface area contributed by atoms with Gasteiger partial charge in [-0.2, -0.15) is 0 Å². The topological polar surface area (TPSA) is 35.5 Å². The average molecular weight is 212 g/mol. The Bertz CT molecular complexity index is 239. The van der Waals surface area contributed by atoms with Gasteiger partial charge in [-0.25, -0.2) is 0 Å². The summed E-state index contributed by atoms with van der Waals surface area (Å²) in [6.45, 7) is 4.94. The number of carbonyl (C=O) groups excluding carboxylic acids is 1. The van der Waals surface area contributed by atoms with Gasteiger partial charge in [0, 0.05) is 6.61 Å². The molecular weight excluding hydrogens is 192 g/mol. The van der Waals surface area contributed by atoms with Crippen LogP contribution < -0.4 is 0 Å². The maximum absolute atomic E-state index is 11.6. The number of cyclic esters (lactones) is 1. The minimum absolute atomic E-state index is 0.00903. The molecule has 2 aliphatic rings. The van der Waals surface area contributed by atoms with Gasteiger partial charge in [-0.1, -0.05) is 13.3 Å². The van der Waals surface area contributed by atoms with E-state index in [-0.39, 0.29) is 24.1 Å². The lowest BCUT2D eigenvalue weighted by Gasteiger charge is -2.33. The minimum atomic E-state index is -0.0483. The fourth-order valence-corrected chi connectivity index (χ4v) is 2.80. The van der Waals surface area contributed by atoms with Gasteiger partial charge in [0.2, 0.25) is 0 Å². The van der Waals surface area contributed by atoms with E-state index in [4.69, 9.17) is 9.47 Å². The van der Waals surface area contributed by atoms with Crippen molar-refractivity contribution in [2.45, 2.75) is 51.7 Å². The van der Waals surface area contributed by atoms with Gasteiger partial charge < -0.3 is 9.47 Å². The van der Waals surface area contributed by atoms with E-state index < -0.39 is 0 Å². The van der Waals surface area contributed by atoms with Crippen molar-refractivity contribution < 1.29 is 14.3 Å². The zero-order chi connectivity index (χ0) is 10.8. The minimum Gasteiger partial charge on any atom is -0.462 e. The molecule has 4 atom stereocenters. The molecule has 2 heterocycles. The first-order valence-electron chi connectivity index (χ1n) is 6.04. The molecule has 0 bridgehead atoms. The molecule has 0 saturated carbocycles. The smallest absolute Gasteiger partial charge is 0.311 e. The third kappa shape index (κ3) is 2.17. The van der Waals surface area contributed by atoms with E-state index in [9.17, 15) is 4.79 Å². The van der Waals surface area contributed by atoms with Crippen LogP contribution in [0.15, 0.2) is 0 Å². The van der Waals surface area contributed by atoms with Gasteiger partial charge in [-0.05, 0) is 32.1 Å². The zero-order valence-electron chi connectivity index (χ0n) is 9.57. The molecule has 0 radical (unpaired) electrons. The highest BCUT2D eigenvalue weighted by Gasteiger charge is 2.42. The van der Waals surface area contributed by atoms with Crippen molar-refractivity contribution >= 4 is 5.97 Å². The van der Waals surface area contributed by atoms with Crippen molar-refractivity contribution in [1.82, 2.24) is 0 Å². The average Bonchev–Trinajstić information content (AvgIpc) is 2.57. The SMILES string of the molecule is CCC1CCCOC1C1C[C@@H](C)OC1=O. The molecule has 0 aromatic carbocycles. The van der Waals surface area contributed by atoms with Crippen LogP contribution in [0.2, 0.25) is 0 Å². The molecule has 0 aliphatic carbocycles. The molecule has 3 nitrogen and oxygen atoms in total. The van der Waals surface area contributed by atoms with Crippen LogP contribution in [0.3, 0.4) is 0 Å². The lowest BCUT2D eigenvalue weighted by molar-refractivity contribution is -0.150. The first-order chi connectivity index (χ1) is 7.22. The molecule has 2 rings (SSSR count). The molecule has 3 unspecified atom stereocenters. The second-order valence-corrected chi connectivity index (χ2v) is 4.74. The van der Waals surface area contributed by atoms with Crippen molar-refractivity contribution in [3.8, 4) is 0 Å². The molecule has 0 aromatic rings. The summed E-state index contributed by atoms with van der Waals surface area (Å²) in [6.07, 6.45) is 4.45. The van der Waals surface area contributed by atoms with Crippen LogP contribution in [0.1, 0.15) is 39.5 Å². The molecule has 15 heavy (non-hydrogen) atoms. The number of carbonyl (C=O) groups is 1. The quantitative estimate of drug-likeness (QED) is 0.658. The first-order valence-corrected chi connectivity index (χ1v) is 6.04. The third-order valence-electron chi connectivity index (χ3n) is 3.62. The Morgan fingerprint density at radius 1 is 1.47 bits per heavy atom. The fraction of sp³-hybridized carbons (Fsp3) is 0.917. The first kappa shape index (κ1) is 10.9. The third-order valence-corrected chi connectivity index (χ3v) is 3.62. The van der Waals surface area contributed by atoms with Crippen molar-refractivity contribution in [3.05, 3.63) is 0 Å². The predicted molar refractivity (Wildman–Crippen MR) is 56.4 cm³/mol. The Morgan fingerprint density at radius 2 is 2.27 bits per heavy atom. The van der Waals surface area contributed by atoms with Crippen LogP contribution in [-0.2, 0) is 14.3 Å². The highest BCUT2D eigenvalue weighted by molar-refractivity contribution is 5.75. The summed E-state index contributed by atoms with van der Waals surface area (Å²) in [5.41, 5.74) is 0. The summed E-state index contributed by atoms with van der Waals surface area (Å²) in [6, 6.07) is 0. The Morgan fingerprint density at radius 3 is 2.87 bits per heavy atom. The molecule has 3 heteroatoms. The van der Waals surface area contributed by atoms with E-state index in [1.807, 2.05) is 6.92 Å². The van der Waals surface area contributed by atoms with E-state index in [1.54, 1.807) is 0 Å². The fourth-order valence-electron chi connectivity index (χ4n) is 2.80. The monoisotopic (exact) mass is 212 g/mol. The summed E-state index contributed by atoms with van der Waals surface area (Å²) in [5.74, 6) is 0.486. The Labute approximate surface area is 91.1 Å². The maximum atomic E-state index is 11.6. The standard InChI is InChI=1S/C12H20O3/c1-3-9-5-4-6-14-11(9)10-7-8(2)15-12(10)13/h8-11H,3-7H2,1-2H3/t8-,9?,10?,11?/m1/s1. The van der Waals surface area contributed by atoms with Gasteiger partial charge in [-0.15, -0.1) is 0 Å². The number of hydrogen-bond acceptors (Lipinski definition) is 3.